The van der Waals surface area contributed by atoms with E-state index in [0.717, 1.165) is 12.8 Å². The third-order valence-electron chi connectivity index (χ3n) is 2.97. The molecule has 1 aromatic heterocycles. The third-order valence-corrected chi connectivity index (χ3v) is 2.97. The molecule has 0 spiro atoms. The summed E-state index contributed by atoms with van der Waals surface area (Å²) in [6.45, 7) is 2.76. The Morgan fingerprint density at radius 1 is 1.21 bits per heavy atom. The number of amides is 1. The molecular formula is C16H18N2O. The number of hydrogen-bond donors (Lipinski definition) is 1. The summed E-state index contributed by atoms with van der Waals surface area (Å²) in [5.74, 6) is -0.0583. The van der Waals surface area contributed by atoms with Gasteiger partial charge in [-0.1, -0.05) is 29.8 Å². The van der Waals surface area contributed by atoms with E-state index >= 15 is 0 Å². The van der Waals surface area contributed by atoms with Crippen molar-refractivity contribution >= 4 is 5.91 Å². The van der Waals surface area contributed by atoms with Gasteiger partial charge in [0, 0.05) is 18.9 Å². The van der Waals surface area contributed by atoms with Crippen LogP contribution in [0.4, 0.5) is 0 Å². The molecular weight excluding hydrogens is 236 g/mol. The Hall–Kier alpha value is -2.16. The predicted molar refractivity (Wildman–Crippen MR) is 76.1 cm³/mol. The average Bonchev–Trinajstić information content (AvgIpc) is 2.46. The van der Waals surface area contributed by atoms with E-state index < -0.39 is 0 Å². The Bertz CT molecular complexity index is 520. The van der Waals surface area contributed by atoms with Gasteiger partial charge in [0.25, 0.3) is 5.91 Å². The molecule has 1 amide bonds. The summed E-state index contributed by atoms with van der Waals surface area (Å²) < 4.78 is 0. The maximum Gasteiger partial charge on any atom is 0.252 e. The number of hydrogen-bond acceptors (Lipinski definition) is 2. The lowest BCUT2D eigenvalue weighted by atomic mass is 10.1. The van der Waals surface area contributed by atoms with Gasteiger partial charge in [-0.2, -0.15) is 0 Å². The van der Waals surface area contributed by atoms with Crippen molar-refractivity contribution in [1.82, 2.24) is 10.3 Å². The number of nitrogens with one attached hydrogen (secondary N) is 1. The van der Waals surface area contributed by atoms with Gasteiger partial charge in [0.2, 0.25) is 0 Å². The van der Waals surface area contributed by atoms with E-state index in [-0.39, 0.29) is 5.91 Å². The van der Waals surface area contributed by atoms with Crippen molar-refractivity contribution in [1.29, 1.82) is 0 Å². The van der Waals surface area contributed by atoms with Crippen LogP contribution < -0.4 is 5.32 Å². The molecule has 0 saturated carbocycles. The average molecular weight is 254 g/mol. The molecule has 2 rings (SSSR count). The van der Waals surface area contributed by atoms with Gasteiger partial charge < -0.3 is 5.32 Å². The molecule has 3 heteroatoms. The lowest BCUT2D eigenvalue weighted by Crippen LogP contribution is -2.24. The first-order valence-electron chi connectivity index (χ1n) is 6.49. The zero-order chi connectivity index (χ0) is 13.5. The van der Waals surface area contributed by atoms with Crippen molar-refractivity contribution in [2.45, 2.75) is 19.8 Å². The SMILES string of the molecule is Cc1ccc(CCCNC(=O)c2cccnc2)cc1. The summed E-state index contributed by atoms with van der Waals surface area (Å²) in [6, 6.07) is 12.0. The van der Waals surface area contributed by atoms with Crippen LogP contribution in [0, 0.1) is 6.92 Å². The number of pyridine rings is 1. The Morgan fingerprint density at radius 3 is 2.68 bits per heavy atom. The maximum absolute atomic E-state index is 11.7. The van der Waals surface area contributed by atoms with Crippen molar-refractivity contribution < 1.29 is 4.79 Å². The molecule has 0 aliphatic carbocycles. The highest BCUT2D eigenvalue weighted by atomic mass is 16.1. The number of benzene rings is 1. The number of rotatable bonds is 5. The van der Waals surface area contributed by atoms with Gasteiger partial charge in [0.1, 0.15) is 0 Å². The van der Waals surface area contributed by atoms with E-state index in [1.54, 1.807) is 24.5 Å². The van der Waals surface area contributed by atoms with Gasteiger partial charge >= 0.3 is 0 Å². The monoisotopic (exact) mass is 254 g/mol. The molecule has 1 aromatic carbocycles. The Morgan fingerprint density at radius 2 is 2.00 bits per heavy atom. The second-order valence-electron chi connectivity index (χ2n) is 4.59. The molecule has 0 saturated heterocycles. The van der Waals surface area contributed by atoms with Crippen molar-refractivity contribution in [3.8, 4) is 0 Å². The van der Waals surface area contributed by atoms with Crippen molar-refractivity contribution in [2.75, 3.05) is 6.54 Å². The molecule has 3 nitrogen and oxygen atoms in total. The van der Waals surface area contributed by atoms with Gasteiger partial charge in [0.15, 0.2) is 0 Å². The number of aromatic nitrogens is 1. The molecule has 0 aliphatic heterocycles. The molecule has 0 bridgehead atoms. The van der Waals surface area contributed by atoms with Crippen molar-refractivity contribution in [3.05, 3.63) is 65.5 Å². The zero-order valence-electron chi connectivity index (χ0n) is 11.1. The van der Waals surface area contributed by atoms with Crippen LogP contribution in [0.2, 0.25) is 0 Å². The Kier molecular flexibility index (Phi) is 4.67. The highest BCUT2D eigenvalue weighted by molar-refractivity contribution is 5.93. The fourth-order valence-corrected chi connectivity index (χ4v) is 1.85. The second-order valence-corrected chi connectivity index (χ2v) is 4.59. The summed E-state index contributed by atoms with van der Waals surface area (Å²) in [7, 11) is 0. The summed E-state index contributed by atoms with van der Waals surface area (Å²) >= 11 is 0. The molecule has 1 heterocycles. The molecule has 19 heavy (non-hydrogen) atoms. The lowest BCUT2D eigenvalue weighted by molar-refractivity contribution is 0.0953. The molecule has 0 fully saturated rings. The minimum Gasteiger partial charge on any atom is -0.352 e. The van der Waals surface area contributed by atoms with Gasteiger partial charge in [-0.3, -0.25) is 9.78 Å². The standard InChI is InChI=1S/C16H18N2O/c1-13-6-8-14(9-7-13)4-2-11-18-16(19)15-5-3-10-17-12-15/h3,5-10,12H,2,4,11H2,1H3,(H,18,19). The van der Waals surface area contributed by atoms with Gasteiger partial charge in [-0.15, -0.1) is 0 Å². The summed E-state index contributed by atoms with van der Waals surface area (Å²) in [5.41, 5.74) is 3.19. The van der Waals surface area contributed by atoms with Crippen molar-refractivity contribution in [2.24, 2.45) is 0 Å². The molecule has 98 valence electrons. The van der Waals surface area contributed by atoms with Gasteiger partial charge in [-0.25, -0.2) is 0 Å². The summed E-state index contributed by atoms with van der Waals surface area (Å²) in [6.07, 6.45) is 5.16. The third kappa shape index (κ3) is 4.21. The van der Waals surface area contributed by atoms with Gasteiger partial charge in [-0.05, 0) is 37.5 Å². The number of nitrogens with zero attached hydrogens (tertiary/aromatic N) is 1. The van der Waals surface area contributed by atoms with E-state index in [9.17, 15) is 4.79 Å². The highest BCUT2D eigenvalue weighted by Crippen LogP contribution is 2.05. The van der Waals surface area contributed by atoms with Crippen LogP contribution in [-0.2, 0) is 6.42 Å². The Balaban J connectivity index is 1.72. The first kappa shape index (κ1) is 13.3. The van der Waals surface area contributed by atoms with Crippen molar-refractivity contribution in [3.63, 3.8) is 0 Å². The fourth-order valence-electron chi connectivity index (χ4n) is 1.85. The number of carbonyl (C=O) groups is 1. The summed E-state index contributed by atoms with van der Waals surface area (Å²) in [4.78, 5) is 15.7. The minimum atomic E-state index is -0.0583. The normalized spacial score (nSPS) is 10.2. The Labute approximate surface area is 113 Å². The van der Waals surface area contributed by atoms with E-state index in [0.29, 0.717) is 12.1 Å². The first-order valence-corrected chi connectivity index (χ1v) is 6.49. The molecule has 2 aromatic rings. The van der Waals surface area contributed by atoms with Crippen LogP contribution in [0.15, 0.2) is 48.8 Å². The lowest BCUT2D eigenvalue weighted by Gasteiger charge is -2.05. The number of carbonyl (C=O) groups excluding carboxylic acids is 1. The second kappa shape index (κ2) is 6.69. The molecule has 1 N–H and O–H groups in total. The molecule has 0 unspecified atom stereocenters. The van der Waals surface area contributed by atoms with Crippen LogP contribution >= 0.6 is 0 Å². The maximum atomic E-state index is 11.7. The van der Waals surface area contributed by atoms with Crippen LogP contribution in [0.5, 0.6) is 0 Å². The molecule has 0 atom stereocenters. The van der Waals surface area contributed by atoms with Gasteiger partial charge in [0.05, 0.1) is 5.56 Å². The first-order chi connectivity index (χ1) is 9.25. The topological polar surface area (TPSA) is 42.0 Å². The van der Waals surface area contributed by atoms with Crippen LogP contribution in [0.1, 0.15) is 27.9 Å². The quantitative estimate of drug-likeness (QED) is 0.834. The summed E-state index contributed by atoms with van der Waals surface area (Å²) in [5, 5.41) is 2.90. The van der Waals surface area contributed by atoms with E-state index in [2.05, 4.69) is 41.5 Å². The van der Waals surface area contributed by atoms with Crippen LogP contribution in [0.25, 0.3) is 0 Å². The molecule has 0 radical (unpaired) electrons. The van der Waals surface area contributed by atoms with E-state index in [4.69, 9.17) is 0 Å². The van der Waals surface area contributed by atoms with E-state index in [1.807, 2.05) is 0 Å². The minimum absolute atomic E-state index is 0.0583. The smallest absolute Gasteiger partial charge is 0.252 e. The fraction of sp³-hybridized carbons (Fsp3) is 0.250. The predicted octanol–water partition coefficient (Wildman–Crippen LogP) is 2.75. The number of aryl methyl sites for hydroxylation is 2. The highest BCUT2D eigenvalue weighted by Gasteiger charge is 2.03. The zero-order valence-corrected chi connectivity index (χ0v) is 11.1. The molecule has 0 aliphatic rings. The van der Waals surface area contributed by atoms with Crippen LogP contribution in [-0.4, -0.2) is 17.4 Å². The van der Waals surface area contributed by atoms with E-state index in [1.165, 1.54) is 11.1 Å². The largest absolute Gasteiger partial charge is 0.352 e. The van der Waals surface area contributed by atoms with Crippen LogP contribution in [0.3, 0.4) is 0 Å².